The van der Waals surface area contributed by atoms with E-state index in [0.717, 1.165) is 5.47 Å². The van der Waals surface area contributed by atoms with Crippen LogP contribution < -0.4 is 5.73 Å². The van der Waals surface area contributed by atoms with Gasteiger partial charge in [0.2, 0.25) is 0 Å². The summed E-state index contributed by atoms with van der Waals surface area (Å²) < 4.78 is 12.2. The van der Waals surface area contributed by atoms with Crippen LogP contribution in [0, 0.1) is 0 Å². The molecule has 0 unspecified atom stereocenters. The van der Waals surface area contributed by atoms with Gasteiger partial charge in [-0.05, 0) is 39.2 Å². The highest BCUT2D eigenvalue weighted by Crippen LogP contribution is 2.39. The smallest absolute Gasteiger partial charge is 0.400 e. The third-order valence-corrected chi connectivity index (χ3v) is 5.35. The number of anilines is 1. The summed E-state index contributed by atoms with van der Waals surface area (Å²) in [6.45, 7) is 9.47. The fourth-order valence-electron chi connectivity index (χ4n) is 2.14. The molecule has 1 fully saturated rings. The molecule has 24 heavy (non-hydrogen) atoms. The van der Waals surface area contributed by atoms with Gasteiger partial charge in [-0.15, -0.1) is 0 Å². The van der Waals surface area contributed by atoms with Gasteiger partial charge < -0.3 is 15.0 Å². The van der Waals surface area contributed by atoms with Gasteiger partial charge in [0.05, 0.1) is 16.2 Å². The molecule has 2 heterocycles. The first-order valence-corrected chi connectivity index (χ1v) is 8.99. The second-order valence-electron chi connectivity index (χ2n) is 6.72. The van der Waals surface area contributed by atoms with Crippen LogP contribution in [0.2, 0.25) is 5.02 Å². The molecule has 130 valence electrons. The van der Waals surface area contributed by atoms with Crippen molar-refractivity contribution in [3.8, 4) is 0 Å². The first-order valence-electron chi connectivity index (χ1n) is 7.62. The topological polar surface area (TPSA) is 74.4 Å². The largest absolute Gasteiger partial charge is 0.491 e. The van der Waals surface area contributed by atoms with Crippen LogP contribution in [0.1, 0.15) is 40.2 Å². The van der Waals surface area contributed by atoms with E-state index < -0.39 is 18.3 Å². The highest BCUT2D eigenvalue weighted by Gasteiger charge is 2.52. The molecule has 0 saturated carbocycles. The van der Waals surface area contributed by atoms with E-state index in [1.165, 1.54) is 24.9 Å². The molecule has 0 amide bonds. The van der Waals surface area contributed by atoms with E-state index in [4.69, 9.17) is 26.6 Å². The Kier molecular flexibility index (Phi) is 5.70. The average Bonchev–Trinajstić information content (AvgIpc) is 2.66. The zero-order valence-corrected chi connectivity index (χ0v) is 16.1. The minimum absolute atomic E-state index is 0.0228. The highest BCUT2D eigenvalue weighted by molar-refractivity contribution is 8.13. The first-order chi connectivity index (χ1) is 11.0. The number of carbonyl (C=O) groups excluding carboxylic acids is 1. The molecule has 0 spiro atoms. The molecule has 0 bridgehead atoms. The van der Waals surface area contributed by atoms with E-state index in [9.17, 15) is 4.79 Å². The van der Waals surface area contributed by atoms with Gasteiger partial charge in [0.1, 0.15) is 5.82 Å². The van der Waals surface area contributed by atoms with Gasteiger partial charge >= 0.3 is 7.12 Å². The normalized spacial score (nSPS) is 19.6. The van der Waals surface area contributed by atoms with Crippen LogP contribution in [0.25, 0.3) is 6.08 Å². The van der Waals surface area contributed by atoms with Gasteiger partial charge in [0, 0.05) is 24.4 Å². The zero-order chi connectivity index (χ0) is 18.1. The predicted molar refractivity (Wildman–Crippen MR) is 101 cm³/mol. The molecule has 5 nitrogen and oxygen atoms in total. The number of hydrogen-bond donors (Lipinski definition) is 1. The van der Waals surface area contributed by atoms with Crippen LogP contribution in [0.5, 0.6) is 0 Å². The summed E-state index contributed by atoms with van der Waals surface area (Å²) in [5, 5.41) is 0.512. The quantitative estimate of drug-likeness (QED) is 0.818. The number of nitrogens with zero attached hydrogens (tertiary/aromatic N) is 1. The van der Waals surface area contributed by atoms with Crippen molar-refractivity contribution < 1.29 is 14.1 Å². The molecule has 1 aliphatic heterocycles. The Morgan fingerprint density at radius 1 is 1.38 bits per heavy atom. The van der Waals surface area contributed by atoms with Gasteiger partial charge in [0.15, 0.2) is 5.12 Å². The maximum atomic E-state index is 11.4. The SMILES string of the molecule is CC(=O)SCC(=Cc1cc(Cl)cnc1N)B1OC(C)(C)C(C)(C)O1. The Bertz CT molecular complexity index is 663. The summed E-state index contributed by atoms with van der Waals surface area (Å²) in [6, 6.07) is 1.73. The van der Waals surface area contributed by atoms with Gasteiger partial charge in [-0.2, -0.15) is 0 Å². The zero-order valence-electron chi connectivity index (χ0n) is 14.6. The molecule has 1 aromatic rings. The van der Waals surface area contributed by atoms with Crippen molar-refractivity contribution in [2.24, 2.45) is 0 Å². The summed E-state index contributed by atoms with van der Waals surface area (Å²) in [7, 11) is -0.555. The minimum atomic E-state index is -0.555. The molecule has 0 aliphatic carbocycles. The van der Waals surface area contributed by atoms with Crippen LogP contribution in [0.3, 0.4) is 0 Å². The summed E-state index contributed by atoms with van der Waals surface area (Å²) in [5.74, 6) is 0.805. The van der Waals surface area contributed by atoms with E-state index in [1.807, 2.05) is 33.8 Å². The van der Waals surface area contributed by atoms with Crippen molar-refractivity contribution in [2.45, 2.75) is 45.8 Å². The van der Waals surface area contributed by atoms with Gasteiger partial charge in [-0.1, -0.05) is 29.4 Å². The average molecular weight is 369 g/mol. The summed E-state index contributed by atoms with van der Waals surface area (Å²) >= 11 is 7.20. The van der Waals surface area contributed by atoms with Crippen molar-refractivity contribution in [1.29, 1.82) is 0 Å². The second kappa shape index (κ2) is 7.08. The minimum Gasteiger partial charge on any atom is -0.400 e. The number of nitrogens with two attached hydrogens (primary N) is 1. The Labute approximate surface area is 152 Å². The Morgan fingerprint density at radius 2 is 1.96 bits per heavy atom. The molecule has 1 aromatic heterocycles. The lowest BCUT2D eigenvalue weighted by atomic mass is 9.78. The number of hydrogen-bond acceptors (Lipinski definition) is 6. The summed E-state index contributed by atoms with van der Waals surface area (Å²) in [5.41, 5.74) is 6.49. The number of nitrogen functional groups attached to an aromatic ring is 1. The van der Waals surface area contributed by atoms with Crippen molar-refractivity contribution in [1.82, 2.24) is 4.98 Å². The molecular weight excluding hydrogens is 347 g/mol. The van der Waals surface area contributed by atoms with Crippen molar-refractivity contribution in [3.63, 3.8) is 0 Å². The Morgan fingerprint density at radius 3 is 2.50 bits per heavy atom. The third-order valence-electron chi connectivity index (χ3n) is 4.26. The van der Waals surface area contributed by atoms with Crippen LogP contribution >= 0.6 is 23.4 Å². The fraction of sp³-hybridized carbons (Fsp3) is 0.500. The van der Waals surface area contributed by atoms with E-state index in [-0.39, 0.29) is 5.12 Å². The van der Waals surface area contributed by atoms with E-state index in [1.54, 1.807) is 6.07 Å². The maximum absolute atomic E-state index is 11.4. The van der Waals surface area contributed by atoms with E-state index in [2.05, 4.69) is 4.98 Å². The monoisotopic (exact) mass is 368 g/mol. The molecule has 1 aliphatic rings. The second-order valence-corrected chi connectivity index (χ2v) is 8.30. The fourth-order valence-corrected chi connectivity index (χ4v) is 2.89. The lowest BCUT2D eigenvalue weighted by Crippen LogP contribution is -2.41. The molecular formula is C16H22BClN2O3S. The van der Waals surface area contributed by atoms with Crippen molar-refractivity contribution in [2.75, 3.05) is 11.5 Å². The molecule has 2 N–H and O–H groups in total. The third kappa shape index (κ3) is 4.33. The van der Waals surface area contributed by atoms with E-state index >= 15 is 0 Å². The summed E-state index contributed by atoms with van der Waals surface area (Å²) in [4.78, 5) is 15.4. The molecule has 8 heteroatoms. The number of pyridine rings is 1. The first kappa shape index (κ1) is 19.3. The maximum Gasteiger partial charge on any atom is 0.491 e. The Hall–Kier alpha value is -1.02. The van der Waals surface area contributed by atoms with E-state index in [0.29, 0.717) is 22.2 Å². The van der Waals surface area contributed by atoms with Crippen molar-refractivity contribution >= 4 is 47.5 Å². The number of aromatic nitrogens is 1. The van der Waals surface area contributed by atoms with Crippen molar-refractivity contribution in [3.05, 3.63) is 28.3 Å². The van der Waals surface area contributed by atoms with Gasteiger partial charge in [0.25, 0.3) is 0 Å². The molecule has 0 radical (unpaired) electrons. The van der Waals surface area contributed by atoms with Crippen LogP contribution in [-0.2, 0) is 14.1 Å². The standard InChI is InChI=1S/C16H22BClN2O3S/c1-10(21)24-9-12(6-11-7-13(18)8-20-14(11)19)17-22-15(2,3)16(4,5)23-17/h6-8H,9H2,1-5H3,(H2,19,20). The molecule has 2 rings (SSSR count). The molecule has 1 saturated heterocycles. The molecule has 0 atom stereocenters. The van der Waals surface area contributed by atoms with Crippen LogP contribution in [-0.4, -0.2) is 34.2 Å². The van der Waals surface area contributed by atoms with Crippen LogP contribution in [0.4, 0.5) is 5.82 Å². The lowest BCUT2D eigenvalue weighted by molar-refractivity contribution is -0.109. The van der Waals surface area contributed by atoms with Gasteiger partial charge in [-0.3, -0.25) is 4.79 Å². The highest BCUT2D eigenvalue weighted by atomic mass is 35.5. The lowest BCUT2D eigenvalue weighted by Gasteiger charge is -2.32. The summed E-state index contributed by atoms with van der Waals surface area (Å²) in [6.07, 6.45) is 3.33. The molecule has 0 aromatic carbocycles. The Balaban J connectivity index is 2.37. The number of halogens is 1. The number of thioether (sulfide) groups is 1. The number of carbonyl (C=O) groups is 1. The predicted octanol–water partition coefficient (Wildman–Crippen LogP) is 3.61. The van der Waals surface area contributed by atoms with Crippen LogP contribution in [0.15, 0.2) is 17.7 Å². The number of rotatable bonds is 4. The van der Waals surface area contributed by atoms with Gasteiger partial charge in [-0.25, -0.2) is 4.98 Å².